The number of carboxylic acids is 1. The molecule has 0 aliphatic rings. The van der Waals surface area contributed by atoms with Crippen molar-refractivity contribution in [3.63, 3.8) is 0 Å². The maximum absolute atomic E-state index is 10.5. The molecule has 0 radical (unpaired) electrons. The maximum atomic E-state index is 10.5. The van der Waals surface area contributed by atoms with Crippen molar-refractivity contribution in [2.75, 3.05) is 0 Å². The number of unbranched alkanes of at least 4 members (excludes halogenated alkanes) is 12. The summed E-state index contributed by atoms with van der Waals surface area (Å²) in [6.45, 7) is 4.01. The smallest absolute Gasteiger partial charge is 0.0442 e. The summed E-state index contributed by atoms with van der Waals surface area (Å²) in [6, 6.07) is 0. The van der Waals surface area contributed by atoms with Crippen LogP contribution in [0.3, 0.4) is 0 Å². The molecular weight excluding hydrogens is 248 g/mol. The van der Waals surface area contributed by atoms with Gasteiger partial charge in [0, 0.05) is 5.97 Å². The predicted molar refractivity (Wildman–Crippen MR) is 84.5 cm³/mol. The van der Waals surface area contributed by atoms with Crippen molar-refractivity contribution in [1.82, 2.24) is 0 Å². The van der Waals surface area contributed by atoms with Gasteiger partial charge in [-0.25, -0.2) is 0 Å². The van der Waals surface area contributed by atoms with Crippen LogP contribution in [0.1, 0.15) is 104 Å². The number of carboxylic acid groups (broad SMARTS) is 1. The highest BCUT2D eigenvalue weighted by atomic mass is 16.4. The van der Waals surface area contributed by atoms with Gasteiger partial charge in [0.25, 0.3) is 0 Å². The van der Waals surface area contributed by atoms with Gasteiger partial charge < -0.3 is 9.90 Å². The molecule has 120 valence electrons. The van der Waals surface area contributed by atoms with Crippen LogP contribution in [0.4, 0.5) is 0 Å². The molecule has 0 bridgehead atoms. The first-order valence-corrected chi connectivity index (χ1v) is 8.89. The van der Waals surface area contributed by atoms with Crippen molar-refractivity contribution in [3.8, 4) is 0 Å². The van der Waals surface area contributed by atoms with Crippen molar-refractivity contribution in [1.29, 1.82) is 0 Å². The van der Waals surface area contributed by atoms with Gasteiger partial charge in [-0.3, -0.25) is 0 Å². The Balaban J connectivity index is 3.04. The molecule has 0 saturated heterocycles. The van der Waals surface area contributed by atoms with Gasteiger partial charge in [-0.15, -0.1) is 0 Å². The Bertz CT molecular complexity index is 213. The fourth-order valence-electron chi connectivity index (χ4n) is 2.59. The van der Waals surface area contributed by atoms with Crippen molar-refractivity contribution in [3.05, 3.63) is 0 Å². The fourth-order valence-corrected chi connectivity index (χ4v) is 2.59. The van der Waals surface area contributed by atoms with E-state index >= 15 is 0 Å². The second-order valence-electron chi connectivity index (χ2n) is 6.25. The van der Waals surface area contributed by atoms with E-state index in [0.717, 1.165) is 12.8 Å². The molecule has 0 N–H and O–H groups in total. The monoisotopic (exact) mass is 283 g/mol. The summed E-state index contributed by atoms with van der Waals surface area (Å²) in [5.41, 5.74) is 0. The quantitative estimate of drug-likeness (QED) is 0.403. The van der Waals surface area contributed by atoms with Crippen molar-refractivity contribution >= 4 is 5.97 Å². The van der Waals surface area contributed by atoms with Gasteiger partial charge in [0.05, 0.1) is 0 Å². The van der Waals surface area contributed by atoms with Crippen molar-refractivity contribution < 1.29 is 9.90 Å². The summed E-state index contributed by atoms with van der Waals surface area (Å²) in [4.78, 5) is 10.5. The van der Waals surface area contributed by atoms with E-state index in [-0.39, 0.29) is 5.92 Å². The van der Waals surface area contributed by atoms with Crippen LogP contribution in [0.15, 0.2) is 0 Å². The molecule has 0 heterocycles. The number of hydrogen-bond donors (Lipinski definition) is 0. The zero-order chi connectivity index (χ0) is 15.1. The summed E-state index contributed by atoms with van der Waals surface area (Å²) >= 11 is 0. The minimum Gasteiger partial charge on any atom is -0.550 e. The van der Waals surface area contributed by atoms with Crippen LogP contribution in [-0.2, 0) is 4.79 Å². The normalized spacial score (nSPS) is 12.5. The minimum absolute atomic E-state index is 0.275. The molecule has 2 nitrogen and oxygen atoms in total. The Labute approximate surface area is 126 Å². The van der Waals surface area contributed by atoms with Crippen LogP contribution in [0, 0.1) is 5.92 Å². The third kappa shape index (κ3) is 13.9. The fraction of sp³-hybridized carbons (Fsp3) is 0.944. The Morgan fingerprint density at radius 2 is 1.10 bits per heavy atom. The summed E-state index contributed by atoms with van der Waals surface area (Å²) in [5.74, 6) is -1.17. The lowest BCUT2D eigenvalue weighted by atomic mass is 10.0. The SMILES string of the molecule is CCCCCCCCCCCCCCC[C@H](C)C(=O)[O-]. The van der Waals surface area contributed by atoms with Gasteiger partial charge in [0.15, 0.2) is 0 Å². The lowest BCUT2D eigenvalue weighted by Crippen LogP contribution is -2.29. The van der Waals surface area contributed by atoms with E-state index in [1.807, 2.05) is 0 Å². The van der Waals surface area contributed by atoms with E-state index in [1.165, 1.54) is 77.0 Å². The molecule has 0 amide bonds. The highest BCUT2D eigenvalue weighted by molar-refractivity contribution is 5.66. The second-order valence-corrected chi connectivity index (χ2v) is 6.25. The molecule has 0 aliphatic carbocycles. The summed E-state index contributed by atoms with van der Waals surface area (Å²) in [7, 11) is 0. The molecule has 0 aromatic heterocycles. The van der Waals surface area contributed by atoms with Crippen LogP contribution in [0.25, 0.3) is 0 Å². The first-order chi connectivity index (χ1) is 9.68. The first kappa shape index (κ1) is 19.5. The second kappa shape index (κ2) is 14.9. The van der Waals surface area contributed by atoms with E-state index in [2.05, 4.69) is 6.92 Å². The molecule has 2 heteroatoms. The molecule has 0 rings (SSSR count). The Kier molecular flexibility index (Phi) is 14.5. The van der Waals surface area contributed by atoms with E-state index in [0.29, 0.717) is 0 Å². The predicted octanol–water partition coefficient (Wildman–Crippen LogP) is 4.85. The molecule has 20 heavy (non-hydrogen) atoms. The van der Waals surface area contributed by atoms with Crippen LogP contribution < -0.4 is 5.11 Å². The van der Waals surface area contributed by atoms with E-state index in [9.17, 15) is 9.90 Å². The van der Waals surface area contributed by atoms with E-state index in [1.54, 1.807) is 6.92 Å². The summed E-state index contributed by atoms with van der Waals surface area (Å²) in [5, 5.41) is 10.5. The average Bonchev–Trinajstić information content (AvgIpc) is 2.43. The van der Waals surface area contributed by atoms with Crippen molar-refractivity contribution in [2.24, 2.45) is 5.92 Å². The average molecular weight is 283 g/mol. The van der Waals surface area contributed by atoms with E-state index < -0.39 is 5.97 Å². The van der Waals surface area contributed by atoms with Crippen LogP contribution >= 0.6 is 0 Å². The molecule has 0 spiro atoms. The highest BCUT2D eigenvalue weighted by Gasteiger charge is 2.01. The summed E-state index contributed by atoms with van der Waals surface area (Å²) < 4.78 is 0. The molecular formula is C18H35O2-. The minimum atomic E-state index is -0.899. The zero-order valence-corrected chi connectivity index (χ0v) is 13.8. The molecule has 0 aliphatic heterocycles. The molecule has 0 aromatic rings. The Hall–Kier alpha value is -0.530. The number of rotatable bonds is 15. The number of hydrogen-bond acceptors (Lipinski definition) is 2. The number of carbonyl (C=O) groups is 1. The van der Waals surface area contributed by atoms with Gasteiger partial charge in [-0.2, -0.15) is 0 Å². The molecule has 0 unspecified atom stereocenters. The van der Waals surface area contributed by atoms with Crippen LogP contribution in [0.5, 0.6) is 0 Å². The Morgan fingerprint density at radius 1 is 0.750 bits per heavy atom. The molecule has 0 fully saturated rings. The standard InChI is InChI=1S/C18H36O2/c1-3-4-5-6-7-8-9-10-11-12-13-14-15-16-17(2)18(19)20/h17H,3-16H2,1-2H3,(H,19,20)/p-1/t17-/m0/s1. The van der Waals surface area contributed by atoms with Gasteiger partial charge in [-0.05, 0) is 12.3 Å². The third-order valence-corrected chi connectivity index (χ3v) is 4.14. The molecule has 0 saturated carbocycles. The molecule has 0 aromatic carbocycles. The largest absolute Gasteiger partial charge is 0.550 e. The zero-order valence-electron chi connectivity index (χ0n) is 13.8. The van der Waals surface area contributed by atoms with E-state index in [4.69, 9.17) is 0 Å². The van der Waals surface area contributed by atoms with Gasteiger partial charge in [0.1, 0.15) is 0 Å². The lowest BCUT2D eigenvalue weighted by Gasteiger charge is -2.11. The topological polar surface area (TPSA) is 40.1 Å². The molecule has 1 atom stereocenters. The lowest BCUT2D eigenvalue weighted by molar-refractivity contribution is -0.311. The maximum Gasteiger partial charge on any atom is 0.0442 e. The van der Waals surface area contributed by atoms with Crippen molar-refractivity contribution in [2.45, 2.75) is 104 Å². The number of aliphatic carboxylic acids is 1. The Morgan fingerprint density at radius 3 is 1.45 bits per heavy atom. The number of carbonyl (C=O) groups excluding carboxylic acids is 1. The third-order valence-electron chi connectivity index (χ3n) is 4.14. The van der Waals surface area contributed by atoms with Gasteiger partial charge in [0.2, 0.25) is 0 Å². The summed E-state index contributed by atoms with van der Waals surface area (Å²) in [6.07, 6.45) is 18.1. The van der Waals surface area contributed by atoms with Crippen LogP contribution in [0.2, 0.25) is 0 Å². The van der Waals surface area contributed by atoms with Gasteiger partial charge >= 0.3 is 0 Å². The van der Waals surface area contributed by atoms with Gasteiger partial charge in [-0.1, -0.05) is 97.3 Å². The van der Waals surface area contributed by atoms with Crippen LogP contribution in [-0.4, -0.2) is 5.97 Å². The first-order valence-electron chi connectivity index (χ1n) is 8.89. The highest BCUT2D eigenvalue weighted by Crippen LogP contribution is 2.14.